The van der Waals surface area contributed by atoms with Gasteiger partial charge in [0.15, 0.2) is 0 Å². The molecule has 140 valence electrons. The van der Waals surface area contributed by atoms with Crippen LogP contribution >= 0.6 is 23.2 Å². The Morgan fingerprint density at radius 1 is 1.33 bits per heavy atom. The van der Waals surface area contributed by atoms with Crippen LogP contribution in [-0.2, 0) is 9.53 Å². The fourth-order valence-electron chi connectivity index (χ4n) is 2.58. The number of nitriles is 1. The van der Waals surface area contributed by atoms with E-state index in [9.17, 15) is 19.1 Å². The molecule has 0 heterocycles. The molecule has 27 heavy (non-hydrogen) atoms. The third kappa shape index (κ3) is 4.05. The average Bonchev–Trinajstić information content (AvgIpc) is 2.62. The van der Waals surface area contributed by atoms with E-state index in [1.165, 1.54) is 6.07 Å². The molecule has 0 aromatic heterocycles. The monoisotopic (exact) mass is 409 g/mol. The summed E-state index contributed by atoms with van der Waals surface area (Å²) in [6.45, 7) is 3.40. The summed E-state index contributed by atoms with van der Waals surface area (Å²) in [7, 11) is 0. The number of ether oxygens (including phenoxy) is 1. The number of carbonyl (C=O) groups excluding carboxylic acids is 1. The van der Waals surface area contributed by atoms with Crippen molar-refractivity contribution in [2.45, 2.75) is 19.8 Å². The largest absolute Gasteiger partial charge is 0.478 e. The number of aromatic carboxylic acids is 1. The maximum Gasteiger partial charge on any atom is 0.337 e. The third-order valence-electron chi connectivity index (χ3n) is 3.96. The lowest BCUT2D eigenvalue weighted by atomic mass is 9.93. The molecule has 0 saturated heterocycles. The standard InChI is InChI=1S/C19H14Cl2FNO4/c1-3-27-19(26)9(2)11-4-5-15(22)16(17(11)21)13-7-12(18(24)25)10(8-23)6-14(13)20/h4-7,9H,3H2,1-2H3,(H,24,25). The Morgan fingerprint density at radius 2 is 2.00 bits per heavy atom. The second-order valence-electron chi connectivity index (χ2n) is 5.59. The van der Waals surface area contributed by atoms with Gasteiger partial charge >= 0.3 is 11.9 Å². The van der Waals surface area contributed by atoms with Crippen LogP contribution in [-0.4, -0.2) is 23.7 Å². The second kappa shape index (κ2) is 8.38. The number of halogens is 3. The van der Waals surface area contributed by atoms with Gasteiger partial charge in [-0.25, -0.2) is 9.18 Å². The first-order valence-electron chi connectivity index (χ1n) is 7.84. The smallest absolute Gasteiger partial charge is 0.337 e. The number of carboxylic acid groups (broad SMARTS) is 1. The zero-order chi connectivity index (χ0) is 20.3. The highest BCUT2D eigenvalue weighted by atomic mass is 35.5. The van der Waals surface area contributed by atoms with Crippen molar-refractivity contribution in [3.05, 3.63) is 56.8 Å². The predicted molar refractivity (Wildman–Crippen MR) is 98.6 cm³/mol. The minimum Gasteiger partial charge on any atom is -0.478 e. The van der Waals surface area contributed by atoms with Crippen LogP contribution in [0.15, 0.2) is 24.3 Å². The van der Waals surface area contributed by atoms with Gasteiger partial charge in [0.2, 0.25) is 0 Å². The summed E-state index contributed by atoms with van der Waals surface area (Å²) >= 11 is 12.5. The minimum absolute atomic E-state index is 0.00785. The van der Waals surface area contributed by atoms with Crippen LogP contribution < -0.4 is 0 Å². The molecule has 2 rings (SSSR count). The lowest BCUT2D eigenvalue weighted by Crippen LogP contribution is -2.14. The van der Waals surface area contributed by atoms with Gasteiger partial charge in [-0.15, -0.1) is 0 Å². The number of carbonyl (C=O) groups is 2. The summed E-state index contributed by atoms with van der Waals surface area (Å²) < 4.78 is 19.5. The summed E-state index contributed by atoms with van der Waals surface area (Å²) in [5, 5.41) is 18.2. The Hall–Kier alpha value is -2.62. The first-order chi connectivity index (χ1) is 12.7. The van der Waals surface area contributed by atoms with E-state index in [1.807, 2.05) is 0 Å². The van der Waals surface area contributed by atoms with Gasteiger partial charge in [0.25, 0.3) is 0 Å². The molecule has 8 heteroatoms. The second-order valence-corrected chi connectivity index (χ2v) is 6.38. The first-order valence-corrected chi connectivity index (χ1v) is 8.60. The van der Waals surface area contributed by atoms with Crippen molar-refractivity contribution in [2.24, 2.45) is 0 Å². The highest BCUT2D eigenvalue weighted by Gasteiger charge is 2.25. The van der Waals surface area contributed by atoms with Gasteiger partial charge in [-0.2, -0.15) is 5.26 Å². The number of esters is 1. The molecule has 0 aliphatic carbocycles. The summed E-state index contributed by atoms with van der Waals surface area (Å²) in [6, 6.07) is 6.43. The van der Waals surface area contributed by atoms with Crippen molar-refractivity contribution in [1.29, 1.82) is 5.26 Å². The Morgan fingerprint density at radius 3 is 2.56 bits per heavy atom. The van der Waals surface area contributed by atoms with Crippen LogP contribution in [0.2, 0.25) is 10.0 Å². The van der Waals surface area contributed by atoms with Gasteiger partial charge in [-0.05, 0) is 37.6 Å². The molecule has 0 radical (unpaired) electrons. The summed E-state index contributed by atoms with van der Waals surface area (Å²) in [5.74, 6) is -3.41. The lowest BCUT2D eigenvalue weighted by Gasteiger charge is -2.17. The molecular formula is C19H14Cl2FNO4. The van der Waals surface area contributed by atoms with E-state index >= 15 is 0 Å². The molecule has 0 fully saturated rings. The van der Waals surface area contributed by atoms with Crippen molar-refractivity contribution in [2.75, 3.05) is 6.61 Å². The van der Waals surface area contributed by atoms with Crippen LogP contribution in [0, 0.1) is 17.1 Å². The highest BCUT2D eigenvalue weighted by molar-refractivity contribution is 6.37. The fourth-order valence-corrected chi connectivity index (χ4v) is 3.26. The Labute approximate surface area is 164 Å². The van der Waals surface area contributed by atoms with Gasteiger partial charge < -0.3 is 9.84 Å². The third-order valence-corrected chi connectivity index (χ3v) is 4.67. The number of hydrogen-bond donors (Lipinski definition) is 1. The van der Waals surface area contributed by atoms with E-state index in [0.29, 0.717) is 5.56 Å². The number of rotatable bonds is 5. The van der Waals surface area contributed by atoms with Crippen LogP contribution in [0.3, 0.4) is 0 Å². The van der Waals surface area contributed by atoms with Gasteiger partial charge in [0, 0.05) is 16.1 Å². The van der Waals surface area contributed by atoms with E-state index < -0.39 is 23.7 Å². The normalized spacial score (nSPS) is 11.6. The van der Waals surface area contributed by atoms with E-state index in [0.717, 1.165) is 18.2 Å². The topological polar surface area (TPSA) is 87.4 Å². The lowest BCUT2D eigenvalue weighted by molar-refractivity contribution is -0.144. The van der Waals surface area contributed by atoms with Crippen molar-refractivity contribution in [1.82, 2.24) is 0 Å². The van der Waals surface area contributed by atoms with Crippen LogP contribution in [0.5, 0.6) is 0 Å². The molecule has 2 aromatic rings. The number of carboxylic acids is 1. The van der Waals surface area contributed by atoms with Gasteiger partial charge in [-0.3, -0.25) is 4.79 Å². The van der Waals surface area contributed by atoms with Crippen molar-refractivity contribution >= 4 is 35.1 Å². The van der Waals surface area contributed by atoms with Crippen LogP contribution in [0.4, 0.5) is 4.39 Å². The van der Waals surface area contributed by atoms with E-state index in [4.69, 9.17) is 33.2 Å². The fraction of sp³-hybridized carbons (Fsp3) is 0.211. The van der Waals surface area contributed by atoms with Gasteiger partial charge in [0.05, 0.1) is 28.7 Å². The average molecular weight is 410 g/mol. The Bertz CT molecular complexity index is 969. The van der Waals surface area contributed by atoms with Crippen molar-refractivity contribution < 1.29 is 23.8 Å². The minimum atomic E-state index is -1.36. The van der Waals surface area contributed by atoms with Gasteiger partial charge in [-0.1, -0.05) is 29.3 Å². The van der Waals surface area contributed by atoms with Gasteiger partial charge in [0.1, 0.15) is 11.9 Å². The van der Waals surface area contributed by atoms with Crippen molar-refractivity contribution in [3.8, 4) is 17.2 Å². The molecule has 5 nitrogen and oxygen atoms in total. The highest BCUT2D eigenvalue weighted by Crippen LogP contribution is 2.40. The molecule has 0 saturated carbocycles. The van der Waals surface area contributed by atoms with E-state index in [-0.39, 0.29) is 38.9 Å². The van der Waals surface area contributed by atoms with E-state index in [2.05, 4.69) is 0 Å². The first kappa shape index (κ1) is 20.7. The zero-order valence-corrected chi connectivity index (χ0v) is 15.9. The SMILES string of the molecule is CCOC(=O)C(C)c1ccc(F)c(-c2cc(C(=O)O)c(C#N)cc2Cl)c1Cl. The summed E-state index contributed by atoms with van der Waals surface area (Å²) in [6.07, 6.45) is 0. The van der Waals surface area contributed by atoms with Crippen molar-refractivity contribution in [3.63, 3.8) is 0 Å². The molecule has 0 aliphatic heterocycles. The molecule has 1 unspecified atom stereocenters. The molecule has 1 N–H and O–H groups in total. The van der Waals surface area contributed by atoms with Crippen LogP contribution in [0.1, 0.15) is 41.3 Å². The molecular weight excluding hydrogens is 396 g/mol. The zero-order valence-electron chi connectivity index (χ0n) is 14.3. The summed E-state index contributed by atoms with van der Waals surface area (Å²) in [5.41, 5.74) is -0.334. The molecule has 0 spiro atoms. The maximum absolute atomic E-state index is 14.6. The Balaban J connectivity index is 2.72. The Kier molecular flexibility index (Phi) is 6.42. The van der Waals surface area contributed by atoms with E-state index in [1.54, 1.807) is 19.9 Å². The molecule has 1 atom stereocenters. The molecule has 0 aliphatic rings. The predicted octanol–water partition coefficient (Wildman–Crippen LogP) is 5.04. The summed E-state index contributed by atoms with van der Waals surface area (Å²) in [4.78, 5) is 23.4. The molecule has 2 aromatic carbocycles. The number of nitrogens with zero attached hydrogens (tertiary/aromatic N) is 1. The van der Waals surface area contributed by atoms with Crippen LogP contribution in [0.25, 0.3) is 11.1 Å². The number of hydrogen-bond acceptors (Lipinski definition) is 4. The maximum atomic E-state index is 14.6. The molecule has 0 amide bonds. The molecule has 0 bridgehead atoms. The quantitative estimate of drug-likeness (QED) is 0.699. The number of benzene rings is 2.